The second kappa shape index (κ2) is 13.3. The molecule has 13 aromatic rings. The summed E-state index contributed by atoms with van der Waals surface area (Å²) in [4.78, 5) is 17.5. The number of hydrogen-bond acceptors (Lipinski definition) is 6. The minimum absolute atomic E-state index is 0.201. The predicted octanol–water partition coefficient (Wildman–Crippen LogP) is 15.7. The van der Waals surface area contributed by atoms with E-state index in [-0.39, 0.29) is 5.92 Å². The molecule has 1 atom stereocenters. The van der Waals surface area contributed by atoms with Crippen LogP contribution in [0.3, 0.4) is 0 Å². The van der Waals surface area contributed by atoms with Crippen LogP contribution in [-0.4, -0.2) is 19.5 Å². The van der Waals surface area contributed by atoms with E-state index in [9.17, 15) is 0 Å². The van der Waals surface area contributed by atoms with Gasteiger partial charge in [0.25, 0.3) is 0 Å². The first-order valence-electron chi connectivity index (χ1n) is 21.4. The lowest BCUT2D eigenvalue weighted by Gasteiger charge is -2.21. The molecule has 0 bridgehead atoms. The van der Waals surface area contributed by atoms with E-state index in [1.54, 1.807) is 0 Å². The van der Waals surface area contributed by atoms with Crippen LogP contribution in [0.5, 0.6) is 0 Å². The molecule has 14 rings (SSSR count). The number of rotatable bonds is 4. The Morgan fingerprint density at radius 3 is 2.10 bits per heavy atom. The average Bonchev–Trinajstić information content (AvgIpc) is 4.09. The minimum Gasteiger partial charge on any atom is -0.454 e. The zero-order valence-electron chi connectivity index (χ0n) is 34.0. The van der Waals surface area contributed by atoms with Crippen molar-refractivity contribution in [3.63, 3.8) is 0 Å². The van der Waals surface area contributed by atoms with Gasteiger partial charge in [0.2, 0.25) is 0 Å². The summed E-state index contributed by atoms with van der Waals surface area (Å²) in [5.74, 6) is 2.19. The Hall–Kier alpha value is -7.45. The van der Waals surface area contributed by atoms with Gasteiger partial charge in [-0.15, -0.1) is 22.7 Å². The van der Waals surface area contributed by atoms with E-state index in [1.165, 1.54) is 62.2 Å². The summed E-state index contributed by atoms with van der Waals surface area (Å²) in [5, 5.41) is 10.7. The Kier molecular flexibility index (Phi) is 7.41. The molecule has 296 valence electrons. The highest BCUT2D eigenvalue weighted by molar-refractivity contribution is 7.25. The monoisotopic (exact) mass is 842 g/mol. The maximum Gasteiger partial charge on any atom is 0.164 e. The van der Waals surface area contributed by atoms with Crippen LogP contribution < -0.4 is 0 Å². The molecule has 5 heterocycles. The molecule has 0 fully saturated rings. The Labute approximate surface area is 368 Å². The molecule has 1 unspecified atom stereocenters. The van der Waals surface area contributed by atoms with Crippen molar-refractivity contribution in [1.82, 2.24) is 19.5 Å². The maximum atomic E-state index is 6.98. The molecule has 5 nitrogen and oxygen atoms in total. The zero-order chi connectivity index (χ0) is 41.3. The minimum atomic E-state index is 0.201. The topological polar surface area (TPSA) is 56.7 Å². The van der Waals surface area contributed by atoms with Gasteiger partial charge in [0, 0.05) is 68.0 Å². The number of furan rings is 1. The lowest BCUT2D eigenvalue weighted by molar-refractivity contribution is 0.666. The van der Waals surface area contributed by atoms with E-state index in [1.807, 2.05) is 28.7 Å². The average molecular weight is 843 g/mol. The fourth-order valence-corrected chi connectivity index (χ4v) is 12.5. The first-order valence-corrected chi connectivity index (χ1v) is 23.0. The summed E-state index contributed by atoms with van der Waals surface area (Å²) in [6, 6.07) is 58.7. The number of hydrogen-bond donors (Lipinski definition) is 0. The van der Waals surface area contributed by atoms with Crippen LogP contribution in [0.25, 0.3) is 125 Å². The molecular formula is C56H34N4OS2. The van der Waals surface area contributed by atoms with Gasteiger partial charge in [-0.1, -0.05) is 116 Å². The van der Waals surface area contributed by atoms with Gasteiger partial charge in [-0.2, -0.15) is 0 Å². The first-order chi connectivity index (χ1) is 31.1. The normalized spacial score (nSPS) is 14.3. The van der Waals surface area contributed by atoms with Crippen LogP contribution in [-0.2, 0) is 6.42 Å². The number of benzene rings is 8. The van der Waals surface area contributed by atoms with E-state index in [0.717, 1.165) is 61.8 Å². The van der Waals surface area contributed by atoms with E-state index in [4.69, 9.17) is 19.4 Å². The first kappa shape index (κ1) is 35.2. The van der Waals surface area contributed by atoms with Crippen molar-refractivity contribution in [3.05, 3.63) is 180 Å². The van der Waals surface area contributed by atoms with E-state index in [0.29, 0.717) is 17.5 Å². The van der Waals surface area contributed by atoms with Crippen LogP contribution in [0, 0.1) is 5.92 Å². The highest BCUT2D eigenvalue weighted by atomic mass is 32.1. The van der Waals surface area contributed by atoms with Crippen molar-refractivity contribution in [3.8, 4) is 28.5 Å². The quantitative estimate of drug-likeness (QED) is 0.177. The Balaban J connectivity index is 1.03. The Bertz CT molecular complexity index is 4110. The van der Waals surface area contributed by atoms with Crippen molar-refractivity contribution in [2.24, 2.45) is 5.92 Å². The lowest BCUT2D eigenvalue weighted by atomic mass is 9.86. The van der Waals surface area contributed by atoms with E-state index >= 15 is 0 Å². The molecule has 0 amide bonds. The fraction of sp³-hybridized carbons (Fsp3) is 0.0536. The van der Waals surface area contributed by atoms with Gasteiger partial charge in [0.1, 0.15) is 5.58 Å². The molecule has 5 aromatic heterocycles. The summed E-state index contributed by atoms with van der Waals surface area (Å²) < 4.78 is 13.1. The lowest BCUT2D eigenvalue weighted by Crippen LogP contribution is -2.12. The molecule has 0 aliphatic heterocycles. The van der Waals surface area contributed by atoms with Crippen molar-refractivity contribution in [1.29, 1.82) is 0 Å². The SMILES string of the molecule is CC1Cc2c(sc3ccccc23)C=C1c1nc(-c2ccc3c(c2)sc2ccccc23)nc(-c2ccc(-n3c4ccccc4c4cc5ccccc5cc43)c3oc4ccccc4c23)n1. The molecule has 8 aromatic carbocycles. The standard InChI is InChI=1S/C56H34N4OS2/c1-31-26-43-37-16-7-11-21-49(37)63-51(43)30-41(31)56-58-54(34-22-23-38-36-15-6-10-20-48(36)62-50(38)29-34)57-55(59-56)40-24-25-45(53-52(40)39-17-5-9-19-47(39)61-53)60-44-18-8-4-14-35(44)42-27-32-12-2-3-13-33(32)28-46(42)60/h2-25,27-31H,26H2,1H3. The van der Waals surface area contributed by atoms with E-state index in [2.05, 4.69) is 175 Å². The van der Waals surface area contributed by atoms with Crippen molar-refractivity contribution in [2.75, 3.05) is 0 Å². The van der Waals surface area contributed by atoms with Gasteiger partial charge in [0.05, 0.1) is 16.7 Å². The summed E-state index contributed by atoms with van der Waals surface area (Å²) in [7, 11) is 0. The highest BCUT2D eigenvalue weighted by Gasteiger charge is 2.28. The molecule has 63 heavy (non-hydrogen) atoms. The second-order valence-electron chi connectivity index (χ2n) is 16.8. The molecular weight excluding hydrogens is 809 g/mol. The van der Waals surface area contributed by atoms with Crippen LogP contribution in [0.1, 0.15) is 23.2 Å². The molecule has 0 radical (unpaired) electrons. The third-order valence-electron chi connectivity index (χ3n) is 13.1. The van der Waals surface area contributed by atoms with Crippen LogP contribution in [0.2, 0.25) is 0 Å². The third kappa shape index (κ3) is 5.24. The van der Waals surface area contributed by atoms with E-state index < -0.39 is 0 Å². The molecule has 7 heteroatoms. The fourth-order valence-electron chi connectivity index (χ4n) is 10.1. The second-order valence-corrected chi connectivity index (χ2v) is 18.9. The van der Waals surface area contributed by atoms with Gasteiger partial charge in [-0.25, -0.2) is 15.0 Å². The molecule has 0 spiro atoms. The smallest absolute Gasteiger partial charge is 0.164 e. The van der Waals surface area contributed by atoms with Gasteiger partial charge >= 0.3 is 0 Å². The maximum absolute atomic E-state index is 6.98. The number of thiophene rings is 2. The molecule has 0 N–H and O–H groups in total. The van der Waals surface area contributed by atoms with Crippen LogP contribution in [0.4, 0.5) is 0 Å². The number of aromatic nitrogens is 4. The molecule has 1 aliphatic carbocycles. The molecule has 0 saturated carbocycles. The predicted molar refractivity (Wildman–Crippen MR) is 265 cm³/mol. The van der Waals surface area contributed by atoms with Crippen molar-refractivity contribution in [2.45, 2.75) is 13.3 Å². The van der Waals surface area contributed by atoms with Gasteiger partial charge in [-0.3, -0.25) is 0 Å². The molecule has 0 saturated heterocycles. The van der Waals surface area contributed by atoms with Crippen LogP contribution in [0.15, 0.2) is 168 Å². The highest BCUT2D eigenvalue weighted by Crippen LogP contribution is 2.45. The van der Waals surface area contributed by atoms with Gasteiger partial charge in [0.15, 0.2) is 23.1 Å². The summed E-state index contributed by atoms with van der Waals surface area (Å²) in [6.07, 6.45) is 3.26. The largest absolute Gasteiger partial charge is 0.454 e. The number of nitrogens with zero attached hydrogens (tertiary/aromatic N) is 4. The Morgan fingerprint density at radius 2 is 1.22 bits per heavy atom. The van der Waals surface area contributed by atoms with Gasteiger partial charge in [-0.05, 0) is 94.7 Å². The number of para-hydroxylation sites is 2. The molecule has 1 aliphatic rings. The summed E-state index contributed by atoms with van der Waals surface area (Å²) >= 11 is 3.66. The number of fused-ring (bicyclic) bond motifs is 13. The summed E-state index contributed by atoms with van der Waals surface area (Å²) in [6.45, 7) is 2.30. The van der Waals surface area contributed by atoms with Crippen molar-refractivity contribution < 1.29 is 4.42 Å². The Morgan fingerprint density at radius 1 is 0.540 bits per heavy atom. The third-order valence-corrected chi connectivity index (χ3v) is 15.4. The van der Waals surface area contributed by atoms with Crippen LogP contribution >= 0.6 is 22.7 Å². The zero-order valence-corrected chi connectivity index (χ0v) is 35.6. The van der Waals surface area contributed by atoms with Gasteiger partial charge < -0.3 is 8.98 Å². The van der Waals surface area contributed by atoms with Crippen molar-refractivity contribution >= 4 is 119 Å². The summed E-state index contributed by atoms with van der Waals surface area (Å²) in [5.41, 5.74) is 9.25. The number of allylic oxidation sites excluding steroid dienone is 1.